The molecule has 0 spiro atoms. The fourth-order valence-corrected chi connectivity index (χ4v) is 6.28. The number of nitrogens with zero attached hydrogens (tertiary/aromatic N) is 5. The Morgan fingerprint density at radius 2 is 2.18 bits per heavy atom. The van der Waals surface area contributed by atoms with Crippen LogP contribution < -0.4 is 0 Å². The summed E-state index contributed by atoms with van der Waals surface area (Å²) < 4.78 is 8.39. The molecule has 7 nitrogen and oxygen atoms in total. The molecule has 1 N–H and O–H groups in total. The van der Waals surface area contributed by atoms with E-state index in [1.165, 1.54) is 25.8 Å². The van der Waals surface area contributed by atoms with Gasteiger partial charge in [-0.1, -0.05) is 22.6 Å². The van der Waals surface area contributed by atoms with Gasteiger partial charge in [-0.2, -0.15) is 0 Å². The number of aromatic nitrogens is 5. The summed E-state index contributed by atoms with van der Waals surface area (Å²) in [5.41, 5.74) is 3.01. The van der Waals surface area contributed by atoms with Crippen molar-refractivity contribution >= 4 is 39.4 Å². The fourth-order valence-electron chi connectivity index (χ4n) is 5.07. The van der Waals surface area contributed by atoms with E-state index >= 15 is 0 Å². The molecule has 148 valence electrons. The van der Waals surface area contributed by atoms with Gasteiger partial charge >= 0.3 is 0 Å². The van der Waals surface area contributed by atoms with Gasteiger partial charge in [-0.3, -0.25) is 9.30 Å². The summed E-state index contributed by atoms with van der Waals surface area (Å²) in [5.74, 6) is 2.39. The standard InChI is InChI=1S/C20H25IN6O/c1-20(10-28-11-20)26(9-12-2-3-12)13-6-14(15(21)7-13)19-25-24-17-8-23-18-16(27(17)19)4-5-22-18/h4-5,8,12-15,22H,2-3,6-7,9-11H2,1H3/t13-,14?,15-/m1/s1. The Morgan fingerprint density at radius 3 is 2.93 bits per heavy atom. The van der Waals surface area contributed by atoms with E-state index in [0.717, 1.165) is 48.2 Å². The summed E-state index contributed by atoms with van der Waals surface area (Å²) in [4.78, 5) is 10.5. The minimum absolute atomic E-state index is 0.212. The van der Waals surface area contributed by atoms with Crippen LogP contribution in [0.4, 0.5) is 0 Å². The molecule has 0 amide bonds. The van der Waals surface area contributed by atoms with E-state index in [4.69, 9.17) is 4.74 Å². The average molecular weight is 492 g/mol. The molecule has 0 bridgehead atoms. The maximum Gasteiger partial charge on any atom is 0.179 e. The third kappa shape index (κ3) is 2.71. The van der Waals surface area contributed by atoms with Crippen LogP contribution in [0.1, 0.15) is 44.3 Å². The summed E-state index contributed by atoms with van der Waals surface area (Å²) >= 11 is 2.64. The average Bonchev–Trinajstić information content (AvgIpc) is 3.05. The highest BCUT2D eigenvalue weighted by Crippen LogP contribution is 2.45. The Morgan fingerprint density at radius 1 is 1.32 bits per heavy atom. The quantitative estimate of drug-likeness (QED) is 0.438. The smallest absolute Gasteiger partial charge is 0.179 e. The minimum Gasteiger partial charge on any atom is -0.377 e. The van der Waals surface area contributed by atoms with Crippen molar-refractivity contribution in [2.75, 3.05) is 19.8 Å². The Kier molecular flexibility index (Phi) is 4.00. The van der Waals surface area contributed by atoms with Crippen molar-refractivity contribution in [2.24, 2.45) is 5.92 Å². The van der Waals surface area contributed by atoms with Gasteiger partial charge < -0.3 is 9.72 Å². The summed E-state index contributed by atoms with van der Waals surface area (Å²) in [7, 11) is 0. The second-order valence-corrected chi connectivity index (χ2v) is 10.7. The van der Waals surface area contributed by atoms with Crippen molar-refractivity contribution in [3.8, 4) is 0 Å². The van der Waals surface area contributed by atoms with Crippen molar-refractivity contribution in [1.29, 1.82) is 0 Å². The Labute approximate surface area is 177 Å². The van der Waals surface area contributed by atoms with Crippen molar-refractivity contribution in [3.63, 3.8) is 0 Å². The zero-order valence-corrected chi connectivity index (χ0v) is 18.2. The van der Waals surface area contributed by atoms with Gasteiger partial charge in [0.2, 0.25) is 0 Å². The van der Waals surface area contributed by atoms with E-state index in [1.54, 1.807) is 0 Å². The molecule has 1 saturated heterocycles. The summed E-state index contributed by atoms with van der Waals surface area (Å²) in [6, 6.07) is 2.67. The van der Waals surface area contributed by atoms with Gasteiger partial charge in [-0.25, -0.2) is 4.98 Å². The predicted molar refractivity (Wildman–Crippen MR) is 115 cm³/mol. The number of fused-ring (bicyclic) bond motifs is 3. The molecule has 3 atom stereocenters. The Bertz CT molecular complexity index is 1020. The number of halogens is 1. The third-order valence-electron chi connectivity index (χ3n) is 6.87. The highest BCUT2D eigenvalue weighted by Gasteiger charge is 2.48. The second kappa shape index (κ2) is 6.37. The predicted octanol–water partition coefficient (Wildman–Crippen LogP) is 3.16. The molecule has 1 unspecified atom stereocenters. The monoisotopic (exact) mass is 492 g/mol. The molecule has 28 heavy (non-hydrogen) atoms. The number of H-pyrrole nitrogens is 1. The topological polar surface area (TPSA) is 71.3 Å². The van der Waals surface area contributed by atoms with Crippen LogP contribution in [0, 0.1) is 5.92 Å². The zero-order valence-electron chi connectivity index (χ0n) is 16.0. The number of hydrogen-bond acceptors (Lipinski definition) is 5. The first-order valence-electron chi connectivity index (χ1n) is 10.3. The molecular weight excluding hydrogens is 467 g/mol. The van der Waals surface area contributed by atoms with E-state index < -0.39 is 0 Å². The van der Waals surface area contributed by atoms with Gasteiger partial charge in [0.15, 0.2) is 11.3 Å². The molecule has 2 saturated carbocycles. The summed E-state index contributed by atoms with van der Waals surface area (Å²) in [6.45, 7) is 5.36. The van der Waals surface area contributed by atoms with Crippen LogP contribution in [0.3, 0.4) is 0 Å². The number of aromatic amines is 1. The van der Waals surface area contributed by atoms with Gasteiger partial charge in [0.05, 0.1) is 30.5 Å². The zero-order chi connectivity index (χ0) is 18.9. The van der Waals surface area contributed by atoms with E-state index in [-0.39, 0.29) is 5.54 Å². The second-order valence-electron chi connectivity index (χ2n) is 9.05. The summed E-state index contributed by atoms with van der Waals surface area (Å²) in [5, 5.41) is 9.06. The Hall–Kier alpha value is -1.26. The molecule has 2 aliphatic carbocycles. The van der Waals surface area contributed by atoms with Gasteiger partial charge in [-0.15, -0.1) is 10.2 Å². The number of alkyl halides is 1. The van der Waals surface area contributed by atoms with Gasteiger partial charge in [0.1, 0.15) is 5.82 Å². The fraction of sp³-hybridized carbons (Fsp3) is 0.650. The number of hydrogen-bond donors (Lipinski definition) is 1. The van der Waals surface area contributed by atoms with Crippen molar-refractivity contribution in [1.82, 2.24) is 29.5 Å². The lowest BCUT2D eigenvalue weighted by atomic mass is 9.94. The lowest BCUT2D eigenvalue weighted by Crippen LogP contribution is -2.63. The maximum absolute atomic E-state index is 5.62. The lowest BCUT2D eigenvalue weighted by molar-refractivity contribution is -0.144. The highest BCUT2D eigenvalue weighted by molar-refractivity contribution is 14.1. The number of nitrogens with one attached hydrogen (secondary N) is 1. The molecular formula is C20H25IN6O. The van der Waals surface area contributed by atoms with Crippen molar-refractivity contribution in [2.45, 2.75) is 54.0 Å². The van der Waals surface area contributed by atoms with Gasteiger partial charge in [0, 0.05) is 28.6 Å². The Balaban J connectivity index is 1.34. The minimum atomic E-state index is 0.212. The van der Waals surface area contributed by atoms with E-state index in [9.17, 15) is 0 Å². The van der Waals surface area contributed by atoms with Crippen LogP contribution in [-0.4, -0.2) is 64.7 Å². The highest BCUT2D eigenvalue weighted by atomic mass is 127. The van der Waals surface area contributed by atoms with Gasteiger partial charge in [0.25, 0.3) is 0 Å². The first-order chi connectivity index (χ1) is 13.6. The largest absolute Gasteiger partial charge is 0.377 e. The van der Waals surface area contributed by atoms with Crippen LogP contribution in [0.5, 0.6) is 0 Å². The molecule has 3 fully saturated rings. The van der Waals surface area contributed by atoms with Crippen LogP contribution in [0.2, 0.25) is 0 Å². The lowest BCUT2D eigenvalue weighted by Gasteiger charge is -2.50. The maximum atomic E-state index is 5.62. The van der Waals surface area contributed by atoms with E-state index in [2.05, 4.69) is 65.0 Å². The molecule has 3 aliphatic rings. The first-order valence-corrected chi connectivity index (χ1v) is 11.5. The normalized spacial score (nSPS) is 29.8. The number of ether oxygens (including phenoxy) is 1. The molecule has 4 heterocycles. The summed E-state index contributed by atoms with van der Waals surface area (Å²) in [6.07, 6.45) is 8.90. The van der Waals surface area contributed by atoms with E-state index in [0.29, 0.717) is 15.9 Å². The third-order valence-corrected chi connectivity index (χ3v) is 8.25. The van der Waals surface area contributed by atoms with Gasteiger partial charge in [-0.05, 0) is 44.6 Å². The van der Waals surface area contributed by atoms with Crippen LogP contribution >= 0.6 is 22.6 Å². The number of rotatable bonds is 5. The molecule has 3 aromatic heterocycles. The molecule has 8 heteroatoms. The first kappa shape index (κ1) is 17.6. The van der Waals surface area contributed by atoms with Crippen molar-refractivity contribution in [3.05, 3.63) is 24.3 Å². The molecule has 0 aromatic carbocycles. The van der Waals surface area contributed by atoms with Crippen LogP contribution in [-0.2, 0) is 4.74 Å². The molecule has 1 aliphatic heterocycles. The molecule has 6 rings (SSSR count). The van der Waals surface area contributed by atoms with Crippen LogP contribution in [0.25, 0.3) is 16.8 Å². The van der Waals surface area contributed by atoms with E-state index in [1.807, 2.05) is 12.4 Å². The van der Waals surface area contributed by atoms with Crippen molar-refractivity contribution < 1.29 is 4.74 Å². The SMILES string of the molecule is CC1(N(CC2CC2)[C@@H]2CC(c3nnc4cnc5[nH]ccc5n34)[C@H](I)C2)COC1. The molecule has 3 aromatic rings. The van der Waals surface area contributed by atoms with Crippen LogP contribution in [0.15, 0.2) is 18.5 Å². The molecule has 0 radical (unpaired) electrons.